The molecule has 0 bridgehead atoms. The molecule has 1 saturated heterocycles. The number of aromatic amines is 1. The third-order valence-electron chi connectivity index (χ3n) is 3.81. The van der Waals surface area contributed by atoms with E-state index in [1.807, 2.05) is 4.98 Å². The number of aliphatic carboxylic acids is 1. The Hall–Kier alpha value is -1.95. The van der Waals surface area contributed by atoms with Crippen molar-refractivity contribution in [1.29, 1.82) is 0 Å². The quantitative estimate of drug-likeness (QED) is 0.154. The Labute approximate surface area is 177 Å². The number of carboxylic acid groups (broad SMARTS) is 1. The first-order valence-corrected chi connectivity index (χ1v) is 11.8. The zero-order valence-corrected chi connectivity index (χ0v) is 17.6. The second-order valence-electron chi connectivity index (χ2n) is 6.41. The van der Waals surface area contributed by atoms with Gasteiger partial charge in [0.1, 0.15) is 30.0 Å². The van der Waals surface area contributed by atoms with Gasteiger partial charge in [0.05, 0.1) is 12.8 Å². The number of rotatable bonds is 7. The summed E-state index contributed by atoms with van der Waals surface area (Å²) in [5.74, 6) is -1.66. The second-order valence-corrected chi connectivity index (χ2v) is 9.28. The lowest BCUT2D eigenvalue weighted by Crippen LogP contribution is -2.40. The van der Waals surface area contributed by atoms with Gasteiger partial charge in [0.2, 0.25) is 0 Å². The minimum atomic E-state index is -4.75. The minimum Gasteiger partial charge on any atom is -0.480 e. The lowest BCUT2D eigenvalue weighted by molar-refractivity contribution is -0.137. The molecule has 1 aromatic heterocycles. The second kappa shape index (κ2) is 10.8. The molecule has 12 N–H and O–H groups in total. The molecule has 0 saturated carbocycles. The Morgan fingerprint density at radius 2 is 1.75 bits per heavy atom. The first-order chi connectivity index (χ1) is 14.4. The molecule has 5 atom stereocenters. The maximum Gasteiger partial charge on any atom is 0.397 e. The third kappa shape index (κ3) is 8.53. The standard InChI is InChI=1S/C12H18N3O11P.H4NO3P/c16-2-6-7(17)8(18)10(26-6)15-1-4(9(19)14-12(15)22)13-5(11(20)21)3-27(23,24)25;1-5(2,3)4/h1,5-8,10,13,16-18H,2-3H2,(H,20,21)(H,14,19,22)(H2,23,24,25);(H4,1,2,3,4)/t5-,6+,7+,8+,10+;/m0./s1. The summed E-state index contributed by atoms with van der Waals surface area (Å²) < 4.78 is 25.9. The van der Waals surface area contributed by atoms with Gasteiger partial charge in [-0.1, -0.05) is 0 Å². The summed E-state index contributed by atoms with van der Waals surface area (Å²) in [5, 5.41) is 40.0. The summed E-state index contributed by atoms with van der Waals surface area (Å²) in [7, 11) is -8.89. The van der Waals surface area contributed by atoms with Crippen LogP contribution < -0.4 is 22.1 Å². The summed E-state index contributed by atoms with van der Waals surface area (Å²) in [6, 6.07) is -1.86. The van der Waals surface area contributed by atoms with Gasteiger partial charge in [0.15, 0.2) is 6.23 Å². The van der Waals surface area contributed by atoms with Gasteiger partial charge in [0.25, 0.3) is 5.56 Å². The highest BCUT2D eigenvalue weighted by Crippen LogP contribution is 2.35. The normalized spacial score (nSPS) is 24.4. The zero-order chi connectivity index (χ0) is 25.0. The number of nitrogens with one attached hydrogen (secondary N) is 2. The fourth-order valence-electron chi connectivity index (χ4n) is 2.50. The van der Waals surface area contributed by atoms with Crippen LogP contribution >= 0.6 is 15.3 Å². The first kappa shape index (κ1) is 28.1. The Morgan fingerprint density at radius 3 is 2.16 bits per heavy atom. The van der Waals surface area contributed by atoms with Crippen LogP contribution in [0.15, 0.2) is 15.8 Å². The molecule has 32 heavy (non-hydrogen) atoms. The predicted octanol–water partition coefficient (Wildman–Crippen LogP) is -4.77. The van der Waals surface area contributed by atoms with E-state index in [2.05, 4.69) is 10.8 Å². The van der Waals surface area contributed by atoms with Crippen molar-refractivity contribution in [1.82, 2.24) is 9.55 Å². The van der Waals surface area contributed by atoms with E-state index in [4.69, 9.17) is 39.1 Å². The Kier molecular flexibility index (Phi) is 9.46. The van der Waals surface area contributed by atoms with Crippen molar-refractivity contribution >= 4 is 27.0 Å². The summed E-state index contributed by atoms with van der Waals surface area (Å²) in [5.41, 5.74) is 1.32. The molecule has 0 spiro atoms. The van der Waals surface area contributed by atoms with Crippen LogP contribution in [0.4, 0.5) is 5.69 Å². The van der Waals surface area contributed by atoms with Gasteiger partial charge < -0.3 is 50.1 Å². The molecule has 0 radical (unpaired) electrons. The molecule has 2 heterocycles. The maximum atomic E-state index is 12.0. The predicted molar refractivity (Wildman–Crippen MR) is 103 cm³/mol. The molecule has 1 aliphatic rings. The molecule has 1 aromatic rings. The molecule has 0 aliphatic carbocycles. The van der Waals surface area contributed by atoms with Crippen molar-refractivity contribution in [2.75, 3.05) is 18.1 Å². The number of hydrogen-bond acceptors (Lipinski definition) is 10. The van der Waals surface area contributed by atoms with Gasteiger partial charge in [-0.05, 0) is 0 Å². The highest BCUT2D eigenvalue weighted by atomic mass is 31.2. The number of aliphatic hydroxyl groups is 3. The highest BCUT2D eigenvalue weighted by molar-refractivity contribution is 7.51. The van der Waals surface area contributed by atoms with Crippen molar-refractivity contribution in [3.8, 4) is 0 Å². The van der Waals surface area contributed by atoms with E-state index in [1.165, 1.54) is 0 Å². The number of carbonyl (C=O) groups is 1. The Bertz CT molecular complexity index is 1010. The summed E-state index contributed by atoms with van der Waals surface area (Å²) in [6.45, 7) is -0.665. The number of hydrogen-bond donors (Lipinski definition) is 11. The fourth-order valence-corrected chi connectivity index (χ4v) is 3.22. The lowest BCUT2D eigenvalue weighted by atomic mass is 10.1. The number of H-pyrrole nitrogens is 1. The molecular formula is C12H22N4O14P2. The van der Waals surface area contributed by atoms with Gasteiger partial charge in [0, 0.05) is 6.20 Å². The van der Waals surface area contributed by atoms with Crippen LogP contribution in [0.1, 0.15) is 6.23 Å². The molecular weight excluding hydrogens is 486 g/mol. The van der Waals surface area contributed by atoms with E-state index >= 15 is 0 Å². The third-order valence-corrected chi connectivity index (χ3v) is 4.65. The van der Waals surface area contributed by atoms with Crippen molar-refractivity contribution in [2.24, 2.45) is 5.50 Å². The Morgan fingerprint density at radius 1 is 1.22 bits per heavy atom. The largest absolute Gasteiger partial charge is 0.480 e. The molecule has 184 valence electrons. The van der Waals surface area contributed by atoms with Crippen LogP contribution in [0.5, 0.6) is 0 Å². The van der Waals surface area contributed by atoms with Crippen LogP contribution in [0.3, 0.4) is 0 Å². The number of ether oxygens (including phenoxy) is 1. The number of anilines is 1. The Balaban J connectivity index is 0.000000920. The van der Waals surface area contributed by atoms with E-state index in [0.29, 0.717) is 4.57 Å². The molecule has 0 amide bonds. The van der Waals surface area contributed by atoms with Crippen molar-refractivity contribution in [2.45, 2.75) is 30.6 Å². The van der Waals surface area contributed by atoms with E-state index in [1.54, 1.807) is 0 Å². The molecule has 1 aliphatic heterocycles. The van der Waals surface area contributed by atoms with E-state index in [-0.39, 0.29) is 0 Å². The van der Waals surface area contributed by atoms with Gasteiger partial charge in [-0.2, -0.15) is 0 Å². The van der Waals surface area contributed by atoms with Crippen molar-refractivity contribution in [3.05, 3.63) is 27.0 Å². The van der Waals surface area contributed by atoms with E-state index in [0.717, 1.165) is 6.20 Å². The number of carboxylic acids is 1. The van der Waals surface area contributed by atoms with Crippen LogP contribution in [0, 0.1) is 0 Å². The summed E-state index contributed by atoms with van der Waals surface area (Å²) in [6.07, 6.45) is -6.25. The lowest BCUT2D eigenvalue weighted by Gasteiger charge is -2.20. The van der Waals surface area contributed by atoms with E-state index in [9.17, 15) is 29.2 Å². The van der Waals surface area contributed by atoms with Crippen LogP contribution in [-0.2, 0) is 18.7 Å². The van der Waals surface area contributed by atoms with Gasteiger partial charge >= 0.3 is 27.0 Å². The summed E-state index contributed by atoms with van der Waals surface area (Å²) >= 11 is 0. The zero-order valence-electron chi connectivity index (χ0n) is 15.8. The maximum absolute atomic E-state index is 12.0. The SMILES string of the molecule is NP(=O)(O)O.O=C(O)[C@H](CP(=O)(O)O)Nc1cn([C@@H]2O[C@H](CO)[C@@H](O)[C@H]2O)c(=O)[nH]c1=O. The van der Waals surface area contributed by atoms with Crippen molar-refractivity contribution < 1.29 is 58.7 Å². The number of nitrogens with zero attached hydrogens (tertiary/aromatic N) is 1. The van der Waals surface area contributed by atoms with Crippen molar-refractivity contribution in [3.63, 3.8) is 0 Å². The van der Waals surface area contributed by atoms with E-state index < -0.39 is 81.6 Å². The number of nitrogens with two attached hydrogens (primary N) is 1. The molecule has 0 unspecified atom stereocenters. The van der Waals surface area contributed by atoms with Gasteiger partial charge in [-0.25, -0.2) is 19.7 Å². The average molecular weight is 508 g/mol. The molecule has 2 rings (SSSR count). The molecule has 0 aromatic carbocycles. The topological polar surface area (TPSA) is 315 Å². The molecule has 18 nitrogen and oxygen atoms in total. The van der Waals surface area contributed by atoms with Crippen LogP contribution in [0.2, 0.25) is 0 Å². The fraction of sp³-hybridized carbons (Fsp3) is 0.583. The first-order valence-electron chi connectivity index (χ1n) is 8.30. The minimum absolute atomic E-state index is 0.548. The molecule has 20 heteroatoms. The number of aromatic nitrogens is 2. The monoisotopic (exact) mass is 508 g/mol. The number of aliphatic hydroxyl groups excluding tert-OH is 3. The van der Waals surface area contributed by atoms with Crippen LogP contribution in [-0.4, -0.2) is 92.6 Å². The average Bonchev–Trinajstić information content (AvgIpc) is 2.88. The highest BCUT2D eigenvalue weighted by Gasteiger charge is 2.44. The summed E-state index contributed by atoms with van der Waals surface area (Å²) in [4.78, 5) is 69.6. The van der Waals surface area contributed by atoms with Gasteiger partial charge in [-0.15, -0.1) is 0 Å². The van der Waals surface area contributed by atoms with Gasteiger partial charge in [-0.3, -0.25) is 18.9 Å². The molecule has 1 fully saturated rings. The smallest absolute Gasteiger partial charge is 0.397 e. The van der Waals surface area contributed by atoms with Crippen LogP contribution in [0.25, 0.3) is 0 Å².